The van der Waals surface area contributed by atoms with Crippen LogP contribution in [0.5, 0.6) is 5.75 Å². The van der Waals surface area contributed by atoms with Crippen LogP contribution in [0.4, 0.5) is 18.0 Å². The number of nitrogens with one attached hydrogen (secondary N) is 1. The molecule has 1 amide bonds. The van der Waals surface area contributed by atoms with Gasteiger partial charge in [-0.15, -0.1) is 0 Å². The number of rotatable bonds is 2. The molecule has 0 aromatic heterocycles. The van der Waals surface area contributed by atoms with Crippen molar-refractivity contribution in [1.82, 2.24) is 5.32 Å². The largest absolute Gasteiger partial charge is 0.496 e. The summed E-state index contributed by atoms with van der Waals surface area (Å²) in [6, 6.07) is 3.08. The summed E-state index contributed by atoms with van der Waals surface area (Å²) in [6.45, 7) is 0.0163. The summed E-state index contributed by atoms with van der Waals surface area (Å²) < 4.78 is 47.7. The summed E-state index contributed by atoms with van der Waals surface area (Å²) in [5, 5.41) is 2.42. The van der Waals surface area contributed by atoms with Gasteiger partial charge in [0.1, 0.15) is 12.4 Å². The van der Waals surface area contributed by atoms with Crippen LogP contribution < -0.4 is 10.1 Å². The molecule has 1 N–H and O–H groups in total. The van der Waals surface area contributed by atoms with E-state index < -0.39 is 23.9 Å². The molecule has 1 aliphatic rings. The second kappa shape index (κ2) is 4.40. The van der Waals surface area contributed by atoms with Crippen molar-refractivity contribution < 1.29 is 27.4 Å². The lowest BCUT2D eigenvalue weighted by atomic mass is 10.0. The van der Waals surface area contributed by atoms with Gasteiger partial charge in [0.15, 0.2) is 0 Å². The van der Waals surface area contributed by atoms with Gasteiger partial charge >= 0.3 is 12.3 Å². The number of halogens is 3. The molecular formula is C11H10F3NO3. The van der Waals surface area contributed by atoms with Crippen molar-refractivity contribution >= 4 is 6.09 Å². The van der Waals surface area contributed by atoms with Gasteiger partial charge in [0.25, 0.3) is 0 Å². The van der Waals surface area contributed by atoms with Gasteiger partial charge in [0, 0.05) is 0 Å². The number of cyclic esters (lactones) is 1. The Hall–Kier alpha value is -1.92. The van der Waals surface area contributed by atoms with Gasteiger partial charge in [0.2, 0.25) is 0 Å². The summed E-state index contributed by atoms with van der Waals surface area (Å²) in [5.74, 6) is -0.253. The van der Waals surface area contributed by atoms with Gasteiger partial charge in [-0.05, 0) is 17.7 Å². The van der Waals surface area contributed by atoms with Gasteiger partial charge in [-0.1, -0.05) is 6.07 Å². The maximum absolute atomic E-state index is 12.8. The Bertz CT molecular complexity index is 473. The van der Waals surface area contributed by atoms with E-state index >= 15 is 0 Å². The van der Waals surface area contributed by atoms with E-state index in [1.165, 1.54) is 19.2 Å². The first kappa shape index (κ1) is 12.5. The highest BCUT2D eigenvalue weighted by Crippen LogP contribution is 2.37. The van der Waals surface area contributed by atoms with E-state index in [-0.39, 0.29) is 12.4 Å². The first-order valence-corrected chi connectivity index (χ1v) is 5.10. The van der Waals surface area contributed by atoms with Crippen LogP contribution in [0.2, 0.25) is 0 Å². The maximum Gasteiger partial charge on any atom is 0.419 e. The fourth-order valence-corrected chi connectivity index (χ4v) is 1.73. The molecule has 0 aliphatic carbocycles. The van der Waals surface area contributed by atoms with Gasteiger partial charge < -0.3 is 14.8 Å². The van der Waals surface area contributed by atoms with Crippen molar-refractivity contribution in [3.63, 3.8) is 0 Å². The minimum Gasteiger partial charge on any atom is -0.496 e. The Labute approximate surface area is 101 Å². The molecule has 18 heavy (non-hydrogen) atoms. The van der Waals surface area contributed by atoms with Crippen molar-refractivity contribution in [1.29, 1.82) is 0 Å². The van der Waals surface area contributed by atoms with Crippen molar-refractivity contribution in [2.24, 2.45) is 0 Å². The molecule has 0 bridgehead atoms. The molecule has 4 nitrogen and oxygen atoms in total. The maximum atomic E-state index is 12.8. The highest BCUT2D eigenvalue weighted by Gasteiger charge is 2.35. The molecule has 1 fully saturated rings. The van der Waals surface area contributed by atoms with E-state index in [0.29, 0.717) is 5.56 Å². The zero-order valence-corrected chi connectivity index (χ0v) is 9.38. The molecule has 2 rings (SSSR count). The van der Waals surface area contributed by atoms with Gasteiger partial charge in [0.05, 0.1) is 18.7 Å². The smallest absolute Gasteiger partial charge is 0.419 e. The normalized spacial score (nSPS) is 19.3. The second-order valence-corrected chi connectivity index (χ2v) is 3.75. The van der Waals surface area contributed by atoms with Gasteiger partial charge in [-0.3, -0.25) is 0 Å². The van der Waals surface area contributed by atoms with E-state index in [4.69, 9.17) is 0 Å². The fourth-order valence-electron chi connectivity index (χ4n) is 1.73. The predicted molar refractivity (Wildman–Crippen MR) is 55.2 cm³/mol. The number of alkyl carbamates (subject to hydrolysis) is 1. The molecule has 0 saturated carbocycles. The quantitative estimate of drug-likeness (QED) is 0.889. The topological polar surface area (TPSA) is 47.6 Å². The van der Waals surface area contributed by atoms with Crippen LogP contribution in [0, 0.1) is 0 Å². The predicted octanol–water partition coefficient (Wildman–Crippen LogP) is 2.49. The van der Waals surface area contributed by atoms with E-state index in [1.54, 1.807) is 0 Å². The van der Waals surface area contributed by atoms with Crippen molar-refractivity contribution in [3.05, 3.63) is 29.3 Å². The summed E-state index contributed by atoms with van der Waals surface area (Å²) in [7, 11) is 1.17. The van der Waals surface area contributed by atoms with Crippen LogP contribution in [0.15, 0.2) is 18.2 Å². The Balaban J connectivity index is 2.37. The van der Waals surface area contributed by atoms with E-state index in [1.807, 2.05) is 0 Å². The summed E-state index contributed by atoms with van der Waals surface area (Å²) in [6.07, 6.45) is -5.14. The summed E-state index contributed by atoms with van der Waals surface area (Å²) in [5.41, 5.74) is -0.544. The molecule has 1 aliphatic heterocycles. The number of methoxy groups -OCH3 is 1. The second-order valence-electron chi connectivity index (χ2n) is 3.75. The Morgan fingerprint density at radius 1 is 1.44 bits per heavy atom. The number of hydrogen-bond donors (Lipinski definition) is 1. The Kier molecular flexibility index (Phi) is 3.06. The van der Waals surface area contributed by atoms with E-state index in [9.17, 15) is 18.0 Å². The van der Waals surface area contributed by atoms with Crippen molar-refractivity contribution in [2.75, 3.05) is 13.7 Å². The Morgan fingerprint density at radius 3 is 2.67 bits per heavy atom. The minimum atomic E-state index is -4.51. The first-order chi connectivity index (χ1) is 8.41. The lowest BCUT2D eigenvalue weighted by Gasteiger charge is -2.15. The van der Waals surface area contributed by atoms with Crippen molar-refractivity contribution in [3.8, 4) is 5.75 Å². The number of alkyl halides is 3. The number of benzene rings is 1. The van der Waals surface area contributed by atoms with Crippen LogP contribution in [-0.2, 0) is 10.9 Å². The first-order valence-electron chi connectivity index (χ1n) is 5.10. The average molecular weight is 261 g/mol. The third-order valence-electron chi connectivity index (χ3n) is 2.60. The molecule has 98 valence electrons. The van der Waals surface area contributed by atoms with Crippen LogP contribution >= 0.6 is 0 Å². The lowest BCUT2D eigenvalue weighted by molar-refractivity contribution is -0.138. The zero-order chi connectivity index (χ0) is 13.3. The zero-order valence-electron chi connectivity index (χ0n) is 9.38. The van der Waals surface area contributed by atoms with Gasteiger partial charge in [-0.2, -0.15) is 13.2 Å². The molecule has 1 atom stereocenters. The van der Waals surface area contributed by atoms with Crippen molar-refractivity contribution in [2.45, 2.75) is 12.2 Å². The SMILES string of the molecule is COc1ccc(C2COC(=O)N2)cc1C(F)(F)F. The third kappa shape index (κ3) is 2.34. The lowest BCUT2D eigenvalue weighted by Crippen LogP contribution is -2.19. The standard InChI is InChI=1S/C11H10F3NO3/c1-17-9-3-2-6(4-7(9)11(12,13)14)8-5-18-10(16)15-8/h2-4,8H,5H2,1H3,(H,15,16). The molecule has 1 heterocycles. The highest BCUT2D eigenvalue weighted by atomic mass is 19.4. The third-order valence-corrected chi connectivity index (χ3v) is 2.60. The monoisotopic (exact) mass is 261 g/mol. The van der Waals surface area contributed by atoms with Crippen LogP contribution in [0.25, 0.3) is 0 Å². The number of hydrogen-bond acceptors (Lipinski definition) is 3. The van der Waals surface area contributed by atoms with Crippen LogP contribution in [-0.4, -0.2) is 19.8 Å². The van der Waals surface area contributed by atoms with Crippen LogP contribution in [0.3, 0.4) is 0 Å². The van der Waals surface area contributed by atoms with E-state index in [0.717, 1.165) is 6.07 Å². The van der Waals surface area contributed by atoms with Crippen LogP contribution in [0.1, 0.15) is 17.2 Å². The molecule has 7 heteroatoms. The summed E-state index contributed by atoms with van der Waals surface area (Å²) in [4.78, 5) is 10.9. The fraction of sp³-hybridized carbons (Fsp3) is 0.364. The molecular weight excluding hydrogens is 251 g/mol. The van der Waals surface area contributed by atoms with E-state index in [2.05, 4.69) is 14.8 Å². The Morgan fingerprint density at radius 2 is 2.17 bits per heavy atom. The highest BCUT2D eigenvalue weighted by molar-refractivity contribution is 5.70. The minimum absolute atomic E-state index is 0.0163. The molecule has 1 aromatic rings. The number of carbonyl (C=O) groups excluding carboxylic acids is 1. The number of carbonyl (C=O) groups is 1. The molecule has 1 saturated heterocycles. The number of ether oxygens (including phenoxy) is 2. The average Bonchev–Trinajstić information content (AvgIpc) is 2.74. The van der Waals surface area contributed by atoms with Gasteiger partial charge in [-0.25, -0.2) is 4.79 Å². The summed E-state index contributed by atoms with van der Waals surface area (Å²) >= 11 is 0. The molecule has 0 spiro atoms. The molecule has 1 unspecified atom stereocenters. The molecule has 1 aromatic carbocycles. The number of amides is 1. The molecule has 0 radical (unpaired) electrons.